The van der Waals surface area contributed by atoms with Gasteiger partial charge in [0.25, 0.3) is 0 Å². The highest BCUT2D eigenvalue weighted by atomic mass is 32.1. The van der Waals surface area contributed by atoms with Crippen LogP contribution in [0.5, 0.6) is 0 Å². The van der Waals surface area contributed by atoms with E-state index in [0.717, 1.165) is 29.8 Å². The summed E-state index contributed by atoms with van der Waals surface area (Å²) < 4.78 is 1.24. The quantitative estimate of drug-likeness (QED) is 0.730. The van der Waals surface area contributed by atoms with Gasteiger partial charge in [-0.15, -0.1) is 11.3 Å². The maximum absolute atomic E-state index is 12.1. The predicted molar refractivity (Wildman–Crippen MR) is 95.5 cm³/mol. The normalized spacial score (nSPS) is 17.1. The van der Waals surface area contributed by atoms with Gasteiger partial charge in [-0.1, -0.05) is 12.1 Å². The van der Waals surface area contributed by atoms with Crippen molar-refractivity contribution in [1.29, 1.82) is 0 Å². The molecule has 1 aromatic heterocycles. The smallest absolute Gasteiger partial charge is 0.220 e. The molecule has 0 spiro atoms. The van der Waals surface area contributed by atoms with Gasteiger partial charge in [0.05, 0.1) is 20.8 Å². The van der Waals surface area contributed by atoms with Crippen LogP contribution in [0.25, 0.3) is 10.2 Å². The molecule has 1 aliphatic rings. The Hall–Kier alpha value is -1.46. The molecule has 124 valence electrons. The van der Waals surface area contributed by atoms with Crippen molar-refractivity contribution in [2.24, 2.45) is 11.7 Å². The molecule has 1 aromatic carbocycles. The van der Waals surface area contributed by atoms with Crippen LogP contribution in [-0.4, -0.2) is 23.0 Å². The van der Waals surface area contributed by atoms with E-state index < -0.39 is 0 Å². The summed E-state index contributed by atoms with van der Waals surface area (Å²) in [6.45, 7) is 2.60. The highest BCUT2D eigenvalue weighted by molar-refractivity contribution is 7.18. The first-order valence-electron chi connectivity index (χ1n) is 8.46. The second-order valence-corrected chi connectivity index (χ2v) is 7.84. The molecule has 0 radical (unpaired) electrons. The van der Waals surface area contributed by atoms with Gasteiger partial charge in [0, 0.05) is 13.0 Å². The molecule has 3 N–H and O–H groups in total. The van der Waals surface area contributed by atoms with Crippen molar-refractivity contribution in [2.75, 3.05) is 6.54 Å². The maximum atomic E-state index is 12.1. The van der Waals surface area contributed by atoms with Crippen molar-refractivity contribution in [3.63, 3.8) is 0 Å². The molecule has 2 aromatic rings. The average molecular weight is 331 g/mol. The number of carbonyl (C=O) groups excluding carboxylic acids is 1. The summed E-state index contributed by atoms with van der Waals surface area (Å²) in [6.07, 6.45) is 5.79. The molecular weight excluding hydrogens is 306 g/mol. The molecule has 23 heavy (non-hydrogen) atoms. The topological polar surface area (TPSA) is 68.0 Å². The lowest BCUT2D eigenvalue weighted by Gasteiger charge is -2.29. The van der Waals surface area contributed by atoms with Crippen molar-refractivity contribution in [3.8, 4) is 0 Å². The van der Waals surface area contributed by atoms with Crippen LogP contribution in [0, 0.1) is 5.92 Å². The van der Waals surface area contributed by atoms with Crippen molar-refractivity contribution in [1.82, 2.24) is 10.3 Å². The Bertz CT molecular complexity index is 647. The zero-order chi connectivity index (χ0) is 16.3. The molecule has 1 atom stereocenters. The number of rotatable bonds is 8. The SMILES string of the molecule is CC(CN)(NC(=O)CCCCc1nc2ccccc2s1)C1CC1. The number of para-hydroxylation sites is 1. The second kappa shape index (κ2) is 6.97. The van der Waals surface area contributed by atoms with Gasteiger partial charge < -0.3 is 11.1 Å². The van der Waals surface area contributed by atoms with Crippen LogP contribution < -0.4 is 11.1 Å². The Morgan fingerprint density at radius 1 is 1.39 bits per heavy atom. The minimum Gasteiger partial charge on any atom is -0.349 e. The van der Waals surface area contributed by atoms with Crippen LogP contribution in [0.1, 0.15) is 44.0 Å². The van der Waals surface area contributed by atoms with Crippen molar-refractivity contribution >= 4 is 27.5 Å². The van der Waals surface area contributed by atoms with Gasteiger partial charge in [0.2, 0.25) is 5.91 Å². The van der Waals surface area contributed by atoms with E-state index in [-0.39, 0.29) is 11.4 Å². The predicted octanol–water partition coefficient (Wildman–Crippen LogP) is 3.25. The number of fused-ring (bicyclic) bond motifs is 1. The molecule has 0 saturated heterocycles. The van der Waals surface area contributed by atoms with E-state index in [0.29, 0.717) is 18.9 Å². The number of unbranched alkanes of at least 4 members (excludes halogenated alkanes) is 1. The lowest BCUT2D eigenvalue weighted by molar-refractivity contribution is -0.123. The number of hydrogen-bond donors (Lipinski definition) is 2. The molecule has 3 rings (SSSR count). The molecule has 0 bridgehead atoms. The zero-order valence-corrected chi connectivity index (χ0v) is 14.5. The van der Waals surface area contributed by atoms with Crippen molar-refractivity contribution in [3.05, 3.63) is 29.3 Å². The van der Waals surface area contributed by atoms with Crippen LogP contribution in [0.2, 0.25) is 0 Å². The van der Waals surface area contributed by atoms with E-state index >= 15 is 0 Å². The summed E-state index contributed by atoms with van der Waals surface area (Å²) in [5, 5.41) is 4.31. The van der Waals surface area contributed by atoms with Gasteiger partial charge in [0.1, 0.15) is 0 Å². The first kappa shape index (κ1) is 16.4. The third kappa shape index (κ3) is 4.09. The highest BCUT2D eigenvalue weighted by Crippen LogP contribution is 2.39. The molecule has 0 aliphatic heterocycles. The molecule has 1 heterocycles. The fourth-order valence-corrected chi connectivity index (χ4v) is 4.02. The minimum atomic E-state index is -0.204. The Kier molecular flexibility index (Phi) is 4.97. The summed E-state index contributed by atoms with van der Waals surface area (Å²) in [5.41, 5.74) is 6.72. The largest absolute Gasteiger partial charge is 0.349 e. The van der Waals surface area contributed by atoms with Crippen LogP contribution in [0.3, 0.4) is 0 Å². The highest BCUT2D eigenvalue weighted by Gasteiger charge is 2.41. The molecule has 1 unspecified atom stereocenters. The summed E-state index contributed by atoms with van der Waals surface area (Å²) in [5.74, 6) is 0.702. The third-order valence-electron chi connectivity index (χ3n) is 4.71. The van der Waals surface area contributed by atoms with Crippen LogP contribution in [0.15, 0.2) is 24.3 Å². The van der Waals surface area contributed by atoms with E-state index in [2.05, 4.69) is 23.3 Å². The lowest BCUT2D eigenvalue weighted by atomic mass is 9.95. The molecule has 5 heteroatoms. The lowest BCUT2D eigenvalue weighted by Crippen LogP contribution is -2.53. The van der Waals surface area contributed by atoms with Gasteiger partial charge in [0.15, 0.2) is 0 Å². The van der Waals surface area contributed by atoms with E-state index in [9.17, 15) is 4.79 Å². The van der Waals surface area contributed by atoms with Crippen LogP contribution in [0.4, 0.5) is 0 Å². The molecule has 1 saturated carbocycles. The summed E-state index contributed by atoms with van der Waals surface area (Å²) in [7, 11) is 0. The van der Waals surface area contributed by atoms with Crippen LogP contribution >= 0.6 is 11.3 Å². The number of nitrogens with zero attached hydrogens (tertiary/aromatic N) is 1. The molecule has 1 aliphatic carbocycles. The van der Waals surface area contributed by atoms with Crippen molar-refractivity contribution in [2.45, 2.75) is 51.0 Å². The number of carbonyl (C=O) groups is 1. The minimum absolute atomic E-state index is 0.133. The average Bonchev–Trinajstić information content (AvgIpc) is 3.32. The Balaban J connectivity index is 1.41. The Morgan fingerprint density at radius 2 is 2.17 bits per heavy atom. The van der Waals surface area contributed by atoms with E-state index in [1.807, 2.05) is 18.2 Å². The monoisotopic (exact) mass is 331 g/mol. The molecular formula is C18H25N3OS. The number of aromatic nitrogens is 1. The molecule has 4 nitrogen and oxygen atoms in total. The first-order valence-corrected chi connectivity index (χ1v) is 9.28. The number of amides is 1. The standard InChI is InChI=1S/C18H25N3OS/c1-18(12-19,13-10-11-13)21-16(22)8-4-5-9-17-20-14-6-2-3-7-15(14)23-17/h2-3,6-7,13H,4-5,8-12,19H2,1H3,(H,21,22). The Morgan fingerprint density at radius 3 is 2.87 bits per heavy atom. The number of aryl methyl sites for hydroxylation is 1. The van der Waals surface area contributed by atoms with Gasteiger partial charge in [-0.05, 0) is 57.1 Å². The number of nitrogens with one attached hydrogen (secondary N) is 1. The molecule has 1 amide bonds. The fraction of sp³-hybridized carbons (Fsp3) is 0.556. The maximum Gasteiger partial charge on any atom is 0.220 e. The number of nitrogens with two attached hydrogens (primary N) is 1. The summed E-state index contributed by atoms with van der Waals surface area (Å²) >= 11 is 1.75. The van der Waals surface area contributed by atoms with Crippen molar-refractivity contribution < 1.29 is 4.79 Å². The van der Waals surface area contributed by atoms with Gasteiger partial charge in [-0.3, -0.25) is 4.79 Å². The Labute approximate surface area is 141 Å². The van der Waals surface area contributed by atoms with E-state index in [1.165, 1.54) is 17.5 Å². The van der Waals surface area contributed by atoms with Gasteiger partial charge in [-0.2, -0.15) is 0 Å². The number of thiazole rings is 1. The van der Waals surface area contributed by atoms with E-state index in [1.54, 1.807) is 11.3 Å². The molecule has 1 fully saturated rings. The zero-order valence-electron chi connectivity index (χ0n) is 13.7. The van der Waals surface area contributed by atoms with Gasteiger partial charge >= 0.3 is 0 Å². The van der Waals surface area contributed by atoms with Crippen LogP contribution in [-0.2, 0) is 11.2 Å². The fourth-order valence-electron chi connectivity index (χ4n) is 3.01. The van der Waals surface area contributed by atoms with Gasteiger partial charge in [-0.25, -0.2) is 4.98 Å². The summed E-state index contributed by atoms with van der Waals surface area (Å²) in [6, 6.07) is 8.22. The third-order valence-corrected chi connectivity index (χ3v) is 5.81. The number of hydrogen-bond acceptors (Lipinski definition) is 4. The van der Waals surface area contributed by atoms with E-state index in [4.69, 9.17) is 5.73 Å². The number of benzene rings is 1. The summed E-state index contributed by atoms with van der Waals surface area (Å²) in [4.78, 5) is 16.8. The second-order valence-electron chi connectivity index (χ2n) is 6.73. The first-order chi connectivity index (χ1) is 11.1.